The molecule has 4 rings (SSSR count). The molecule has 0 saturated carbocycles. The first kappa shape index (κ1) is 25.4. The third-order valence-corrected chi connectivity index (χ3v) is 10.0. The Hall–Kier alpha value is -3.22. The second-order valence-electron chi connectivity index (χ2n) is 7.23. The molecule has 1 aromatic heterocycles. The predicted molar refractivity (Wildman–Crippen MR) is 133 cm³/mol. The number of rotatable bonds is 5. The summed E-state index contributed by atoms with van der Waals surface area (Å²) in [7, 11) is -6.98. The molecule has 0 fully saturated rings. The summed E-state index contributed by atoms with van der Waals surface area (Å²) in [6.45, 7) is 2.41. The van der Waals surface area contributed by atoms with E-state index in [2.05, 4.69) is 107 Å². The highest BCUT2D eigenvalue weighted by Gasteiger charge is 2.40. The molecule has 3 aromatic carbocycles. The zero-order chi connectivity index (χ0) is 24.7. The Morgan fingerprint density at radius 3 is 1.35 bits per heavy atom. The molecule has 0 saturated heterocycles. The third-order valence-electron chi connectivity index (χ3n) is 5.00. The van der Waals surface area contributed by atoms with Gasteiger partial charge < -0.3 is 4.72 Å². The van der Waals surface area contributed by atoms with E-state index in [9.17, 15) is 21.6 Å². The fourth-order valence-corrected chi connectivity index (χ4v) is 6.92. The summed E-state index contributed by atoms with van der Waals surface area (Å²) >= 11 is 0. The van der Waals surface area contributed by atoms with Gasteiger partial charge in [0.1, 0.15) is 23.2 Å². The van der Waals surface area contributed by atoms with Gasteiger partial charge in [-0.25, -0.2) is 8.42 Å². The molecule has 34 heavy (non-hydrogen) atoms. The lowest BCUT2D eigenvalue weighted by molar-refractivity contribution is -0.0425. The van der Waals surface area contributed by atoms with Gasteiger partial charge in [0.2, 0.25) is 0 Å². The summed E-state index contributed by atoms with van der Waals surface area (Å²) in [5.74, 6) is 0. The zero-order valence-electron chi connectivity index (χ0n) is 18.2. The van der Waals surface area contributed by atoms with Gasteiger partial charge >= 0.3 is 5.51 Å². The lowest BCUT2D eigenvalue weighted by Gasteiger charge is -2.22. The van der Waals surface area contributed by atoms with Gasteiger partial charge in [0.05, 0.1) is 6.66 Å². The van der Waals surface area contributed by atoms with Crippen LogP contribution in [0.4, 0.5) is 18.9 Å². The van der Waals surface area contributed by atoms with Crippen LogP contribution in [0.2, 0.25) is 0 Å². The van der Waals surface area contributed by atoms with Crippen molar-refractivity contribution in [1.29, 1.82) is 0 Å². The van der Waals surface area contributed by atoms with Crippen molar-refractivity contribution in [2.75, 3.05) is 6.66 Å². The molecule has 0 spiro atoms. The molecular formula is C25H22F3N2O2PS. The normalized spacial score (nSPS) is 11.8. The molecule has 9 heteroatoms. The molecule has 0 amide bonds. The lowest BCUT2D eigenvalue weighted by Crippen LogP contribution is -2.30. The Balaban J connectivity index is 0.000000204. The van der Waals surface area contributed by atoms with E-state index in [0.717, 1.165) is 24.5 Å². The van der Waals surface area contributed by atoms with E-state index in [1.807, 2.05) is 0 Å². The number of benzene rings is 3. The van der Waals surface area contributed by atoms with Crippen molar-refractivity contribution >= 4 is 38.9 Å². The Labute approximate surface area is 197 Å². The van der Waals surface area contributed by atoms with E-state index < -0.39 is 22.8 Å². The summed E-state index contributed by atoms with van der Waals surface area (Å²) in [5.41, 5.74) is -5.67. The molecule has 0 aliphatic rings. The van der Waals surface area contributed by atoms with Crippen LogP contribution in [0.25, 0.3) is 4.72 Å². The monoisotopic (exact) mass is 502 g/mol. The molecule has 0 atom stereocenters. The summed E-state index contributed by atoms with van der Waals surface area (Å²) < 4.78 is 59.1. The fraction of sp³-hybridized carbons (Fsp3) is 0.0800. The number of hydrogen-bond donors (Lipinski definition) is 0. The summed E-state index contributed by atoms with van der Waals surface area (Å²) in [6.07, 6.45) is 2.29. The quantitative estimate of drug-likeness (QED) is 0.337. The van der Waals surface area contributed by atoms with E-state index in [4.69, 9.17) is 0 Å². The summed E-state index contributed by atoms with van der Waals surface area (Å²) in [5, 5.41) is 4.28. The molecule has 0 aliphatic carbocycles. The Morgan fingerprint density at radius 2 is 1.03 bits per heavy atom. The van der Waals surface area contributed by atoms with Gasteiger partial charge in [-0.15, -0.1) is 5.69 Å². The molecule has 176 valence electrons. The van der Waals surface area contributed by atoms with Crippen molar-refractivity contribution in [2.45, 2.75) is 5.51 Å². The highest BCUT2D eigenvalue weighted by atomic mass is 32.2. The van der Waals surface area contributed by atoms with Crippen LogP contribution in [-0.4, -0.2) is 25.6 Å². The molecule has 0 radical (unpaired) electrons. The van der Waals surface area contributed by atoms with Crippen LogP contribution in [0.3, 0.4) is 0 Å². The zero-order valence-corrected chi connectivity index (χ0v) is 19.9. The highest BCUT2D eigenvalue weighted by Crippen LogP contribution is 2.51. The largest absolute Gasteiger partial charge is 0.569 e. The van der Waals surface area contributed by atoms with Gasteiger partial charge in [0.25, 0.3) is 0 Å². The summed E-state index contributed by atoms with van der Waals surface area (Å²) in [4.78, 5) is 3.50. The van der Waals surface area contributed by atoms with Crippen molar-refractivity contribution in [3.05, 3.63) is 120 Å². The van der Waals surface area contributed by atoms with Crippen LogP contribution >= 0.6 is 7.26 Å². The molecule has 0 unspecified atom stereocenters. The minimum Gasteiger partial charge on any atom is -0.569 e. The summed E-state index contributed by atoms with van der Waals surface area (Å²) in [6, 6.07) is 34.8. The Kier molecular flexibility index (Phi) is 8.07. The van der Waals surface area contributed by atoms with E-state index in [1.54, 1.807) is 0 Å². The van der Waals surface area contributed by atoms with Crippen molar-refractivity contribution in [3.8, 4) is 0 Å². The topological polar surface area (TPSA) is 61.1 Å². The van der Waals surface area contributed by atoms with E-state index in [0.29, 0.717) is 0 Å². The SMILES string of the molecule is C[P+](c1ccccc1)(c1ccccc1)c1ccccc1.O=S(=O)([N-]c1ccncc1)C(F)(F)F. The first-order valence-electron chi connectivity index (χ1n) is 10.1. The van der Waals surface area contributed by atoms with Crippen LogP contribution in [-0.2, 0) is 10.0 Å². The van der Waals surface area contributed by atoms with Gasteiger partial charge in [-0.05, 0) is 36.4 Å². The lowest BCUT2D eigenvalue weighted by atomic mass is 10.4. The standard InChI is InChI=1S/C19H18P.C6H4F3N2O2S/c1-20(17-11-5-2-6-12-17,18-13-7-3-8-14-18)19-15-9-4-10-16-19;7-6(8,9)14(12,13)11-5-1-3-10-4-2-5/h2-16H,1H3;1-4H/q+1;-1. The maximum absolute atomic E-state index is 11.8. The molecule has 4 aromatic rings. The number of hydrogen-bond acceptors (Lipinski definition) is 3. The van der Waals surface area contributed by atoms with Crippen LogP contribution in [0, 0.1) is 0 Å². The molecular weight excluding hydrogens is 480 g/mol. The van der Waals surface area contributed by atoms with Crippen molar-refractivity contribution in [2.24, 2.45) is 0 Å². The molecule has 0 N–H and O–H groups in total. The highest BCUT2D eigenvalue weighted by molar-refractivity contribution is 7.95. The number of nitrogens with zero attached hydrogens (tertiary/aromatic N) is 2. The van der Waals surface area contributed by atoms with Gasteiger partial charge in [-0.2, -0.15) is 13.2 Å². The smallest absolute Gasteiger partial charge is 0.483 e. The molecule has 1 heterocycles. The number of sulfonamides is 1. The van der Waals surface area contributed by atoms with Crippen LogP contribution in [0.15, 0.2) is 116 Å². The van der Waals surface area contributed by atoms with Gasteiger partial charge in [-0.1, -0.05) is 66.7 Å². The van der Waals surface area contributed by atoms with Crippen molar-refractivity contribution < 1.29 is 21.6 Å². The number of aromatic nitrogens is 1. The first-order chi connectivity index (χ1) is 16.1. The Morgan fingerprint density at radius 1 is 0.676 bits per heavy atom. The second kappa shape index (κ2) is 10.8. The molecule has 4 nitrogen and oxygen atoms in total. The van der Waals surface area contributed by atoms with Gasteiger partial charge in [0.15, 0.2) is 10.0 Å². The fourth-order valence-electron chi connectivity index (χ4n) is 3.22. The number of pyridine rings is 1. The van der Waals surface area contributed by atoms with E-state index >= 15 is 0 Å². The predicted octanol–water partition coefficient (Wildman–Crippen LogP) is 5.55. The average Bonchev–Trinajstić information content (AvgIpc) is 2.85. The minimum absolute atomic E-state index is 0.308. The molecule has 0 bridgehead atoms. The molecule has 0 aliphatic heterocycles. The maximum atomic E-state index is 11.8. The van der Waals surface area contributed by atoms with Gasteiger partial charge in [0, 0.05) is 12.4 Å². The van der Waals surface area contributed by atoms with Crippen molar-refractivity contribution in [3.63, 3.8) is 0 Å². The van der Waals surface area contributed by atoms with Gasteiger partial charge in [-0.3, -0.25) is 4.98 Å². The number of alkyl halides is 3. The number of halogens is 3. The second-order valence-corrected chi connectivity index (χ2v) is 12.4. The average molecular weight is 502 g/mol. The van der Waals surface area contributed by atoms with Crippen molar-refractivity contribution in [1.82, 2.24) is 4.98 Å². The van der Waals surface area contributed by atoms with E-state index in [-0.39, 0.29) is 5.69 Å². The van der Waals surface area contributed by atoms with E-state index in [1.165, 1.54) is 15.9 Å². The maximum Gasteiger partial charge on any atom is 0.483 e. The van der Waals surface area contributed by atoms with Crippen LogP contribution in [0.1, 0.15) is 0 Å². The third kappa shape index (κ3) is 6.01. The minimum atomic E-state index is -5.45. The first-order valence-corrected chi connectivity index (χ1v) is 13.8. The van der Waals surface area contributed by atoms with Crippen LogP contribution < -0.4 is 15.9 Å². The van der Waals surface area contributed by atoms with Crippen LogP contribution in [0.5, 0.6) is 0 Å². The Bertz CT molecular complexity index is 1180.